The maximum absolute atomic E-state index is 12.9. The number of sulfonamides is 1. The van der Waals surface area contributed by atoms with E-state index in [1.807, 2.05) is 32.0 Å². The number of anilines is 2. The molecule has 27 heavy (non-hydrogen) atoms. The number of nitrogens with zero attached hydrogens (tertiary/aromatic N) is 1. The molecule has 2 aromatic carbocycles. The number of benzene rings is 2. The van der Waals surface area contributed by atoms with Gasteiger partial charge in [0.1, 0.15) is 11.8 Å². The van der Waals surface area contributed by atoms with Gasteiger partial charge in [-0.15, -0.1) is 0 Å². The Bertz CT molecular complexity index is 925. The van der Waals surface area contributed by atoms with Crippen LogP contribution >= 0.6 is 0 Å². The third-order valence-electron chi connectivity index (χ3n) is 4.28. The molecule has 1 amide bonds. The molecule has 0 saturated heterocycles. The van der Waals surface area contributed by atoms with Crippen molar-refractivity contribution < 1.29 is 17.9 Å². The van der Waals surface area contributed by atoms with Gasteiger partial charge in [0.05, 0.1) is 19.1 Å². The van der Waals surface area contributed by atoms with Gasteiger partial charge in [-0.3, -0.25) is 9.10 Å². The molecule has 1 atom stereocenters. The Balaban J connectivity index is 2.41. The van der Waals surface area contributed by atoms with Gasteiger partial charge < -0.3 is 10.1 Å². The van der Waals surface area contributed by atoms with Crippen LogP contribution in [-0.2, 0) is 14.8 Å². The monoisotopic (exact) mass is 390 g/mol. The number of nitrogens with one attached hydrogen (secondary N) is 1. The van der Waals surface area contributed by atoms with Gasteiger partial charge in [0.15, 0.2) is 0 Å². The maximum Gasteiger partial charge on any atom is 0.248 e. The number of carbonyl (C=O) groups excluding carboxylic acids is 1. The van der Waals surface area contributed by atoms with Gasteiger partial charge in [0, 0.05) is 11.8 Å². The summed E-state index contributed by atoms with van der Waals surface area (Å²) < 4.78 is 31.4. The Morgan fingerprint density at radius 2 is 1.89 bits per heavy atom. The normalized spacial score (nSPS) is 12.3. The second-order valence-corrected chi connectivity index (χ2v) is 8.35. The van der Waals surface area contributed by atoms with Crippen LogP contribution in [0.25, 0.3) is 0 Å². The Kier molecular flexibility index (Phi) is 6.49. The van der Waals surface area contributed by atoms with E-state index in [4.69, 9.17) is 4.74 Å². The largest absolute Gasteiger partial charge is 0.497 e. The molecule has 0 aliphatic rings. The average Bonchev–Trinajstić information content (AvgIpc) is 2.60. The minimum Gasteiger partial charge on any atom is -0.497 e. The minimum absolute atomic E-state index is 0.320. The van der Waals surface area contributed by atoms with Gasteiger partial charge in [-0.1, -0.05) is 30.7 Å². The predicted octanol–water partition coefficient (Wildman–Crippen LogP) is 3.50. The first kappa shape index (κ1) is 20.8. The molecule has 0 heterocycles. The fourth-order valence-electron chi connectivity index (χ4n) is 2.98. The van der Waals surface area contributed by atoms with Crippen molar-refractivity contribution in [3.05, 3.63) is 53.6 Å². The lowest BCUT2D eigenvalue weighted by Gasteiger charge is -2.30. The zero-order valence-corrected chi connectivity index (χ0v) is 17.1. The topological polar surface area (TPSA) is 75.7 Å². The van der Waals surface area contributed by atoms with Crippen molar-refractivity contribution in [2.75, 3.05) is 23.0 Å². The molecule has 0 spiro atoms. The van der Waals surface area contributed by atoms with Gasteiger partial charge in [-0.05, 0) is 44.0 Å². The first-order valence-electron chi connectivity index (χ1n) is 8.69. The van der Waals surface area contributed by atoms with Crippen LogP contribution in [0.5, 0.6) is 5.75 Å². The number of rotatable bonds is 7. The first-order valence-corrected chi connectivity index (χ1v) is 10.5. The Hall–Kier alpha value is -2.54. The summed E-state index contributed by atoms with van der Waals surface area (Å²) in [5.41, 5.74) is 3.07. The van der Waals surface area contributed by atoms with E-state index in [1.165, 1.54) is 7.11 Å². The fourth-order valence-corrected chi connectivity index (χ4v) is 4.18. The lowest BCUT2D eigenvalue weighted by Crippen LogP contribution is -2.47. The molecule has 0 saturated carbocycles. The maximum atomic E-state index is 12.9. The third kappa shape index (κ3) is 5.01. The van der Waals surface area contributed by atoms with Crippen LogP contribution in [0, 0.1) is 13.8 Å². The molecule has 6 nitrogen and oxygen atoms in total. The van der Waals surface area contributed by atoms with Crippen molar-refractivity contribution >= 4 is 27.3 Å². The van der Waals surface area contributed by atoms with E-state index in [-0.39, 0.29) is 5.91 Å². The van der Waals surface area contributed by atoms with Crippen LogP contribution in [0.1, 0.15) is 24.5 Å². The molecule has 2 aromatic rings. The van der Waals surface area contributed by atoms with Crippen molar-refractivity contribution in [3.8, 4) is 5.75 Å². The van der Waals surface area contributed by atoms with Crippen LogP contribution in [0.3, 0.4) is 0 Å². The van der Waals surface area contributed by atoms with Crippen LogP contribution in [0.2, 0.25) is 0 Å². The van der Waals surface area contributed by atoms with Crippen LogP contribution in [0.4, 0.5) is 11.4 Å². The molecular weight excluding hydrogens is 364 g/mol. The summed E-state index contributed by atoms with van der Waals surface area (Å²) >= 11 is 0. The summed E-state index contributed by atoms with van der Waals surface area (Å²) in [6, 6.07) is 11.5. The number of hydrogen-bond acceptors (Lipinski definition) is 4. The number of methoxy groups -OCH3 is 1. The Morgan fingerprint density at radius 3 is 2.44 bits per heavy atom. The molecule has 7 heteroatoms. The summed E-state index contributed by atoms with van der Waals surface area (Å²) in [4.78, 5) is 12.9. The van der Waals surface area contributed by atoms with Crippen molar-refractivity contribution in [1.82, 2.24) is 0 Å². The smallest absolute Gasteiger partial charge is 0.248 e. The lowest BCUT2D eigenvalue weighted by molar-refractivity contribution is -0.117. The molecule has 0 aliphatic heterocycles. The third-order valence-corrected chi connectivity index (χ3v) is 5.46. The van der Waals surface area contributed by atoms with Gasteiger partial charge in [0.2, 0.25) is 15.9 Å². The summed E-state index contributed by atoms with van der Waals surface area (Å²) in [6.45, 7) is 5.66. The zero-order chi connectivity index (χ0) is 20.2. The number of carbonyl (C=O) groups is 1. The van der Waals surface area contributed by atoms with Crippen molar-refractivity contribution in [2.45, 2.75) is 33.2 Å². The minimum atomic E-state index is -3.69. The molecule has 0 bridgehead atoms. The highest BCUT2D eigenvalue weighted by Gasteiger charge is 2.32. The SMILES string of the molecule is CC[C@@H](C(=O)Nc1ccc(C)cc1C)N(c1cccc(OC)c1)S(C)(=O)=O. The molecular formula is C20H26N2O4S. The molecule has 146 valence electrons. The second-order valence-electron chi connectivity index (χ2n) is 6.49. The second kappa shape index (κ2) is 8.43. The zero-order valence-electron chi connectivity index (χ0n) is 16.3. The number of hydrogen-bond donors (Lipinski definition) is 1. The van der Waals surface area contributed by atoms with Crippen LogP contribution < -0.4 is 14.4 Å². The Labute approximate surface area is 161 Å². The van der Waals surface area contributed by atoms with Crippen molar-refractivity contribution in [2.24, 2.45) is 0 Å². The average molecular weight is 391 g/mol. The summed E-state index contributed by atoms with van der Waals surface area (Å²) in [6.07, 6.45) is 1.42. The van der Waals surface area contributed by atoms with E-state index in [9.17, 15) is 13.2 Å². The van der Waals surface area contributed by atoms with Crippen LogP contribution in [-0.4, -0.2) is 33.7 Å². The highest BCUT2D eigenvalue weighted by atomic mass is 32.2. The summed E-state index contributed by atoms with van der Waals surface area (Å²) in [5, 5.41) is 2.86. The number of ether oxygens (including phenoxy) is 1. The molecule has 1 N–H and O–H groups in total. The first-order chi connectivity index (χ1) is 12.7. The van der Waals surface area contributed by atoms with Gasteiger partial charge in [-0.25, -0.2) is 8.42 Å². The van der Waals surface area contributed by atoms with Crippen molar-refractivity contribution in [3.63, 3.8) is 0 Å². The van der Waals surface area contributed by atoms with E-state index in [2.05, 4.69) is 5.32 Å². The lowest BCUT2D eigenvalue weighted by atomic mass is 10.1. The molecule has 0 unspecified atom stereocenters. The van der Waals surface area contributed by atoms with Gasteiger partial charge in [0.25, 0.3) is 0 Å². The van der Waals surface area contributed by atoms with Crippen molar-refractivity contribution in [1.29, 1.82) is 0 Å². The molecule has 0 aliphatic carbocycles. The van der Waals surface area contributed by atoms with E-state index < -0.39 is 16.1 Å². The highest BCUT2D eigenvalue weighted by molar-refractivity contribution is 7.92. The fraction of sp³-hybridized carbons (Fsp3) is 0.350. The Morgan fingerprint density at radius 1 is 1.19 bits per heavy atom. The predicted molar refractivity (Wildman–Crippen MR) is 109 cm³/mol. The summed E-state index contributed by atoms with van der Waals surface area (Å²) in [7, 11) is -2.18. The molecule has 0 aromatic heterocycles. The molecule has 0 fully saturated rings. The van der Waals surface area contributed by atoms with Gasteiger partial charge in [-0.2, -0.15) is 0 Å². The van der Waals surface area contributed by atoms with Gasteiger partial charge >= 0.3 is 0 Å². The molecule has 0 radical (unpaired) electrons. The van der Waals surface area contributed by atoms with Crippen LogP contribution in [0.15, 0.2) is 42.5 Å². The van der Waals surface area contributed by atoms with E-state index in [1.54, 1.807) is 31.2 Å². The quantitative estimate of drug-likeness (QED) is 0.785. The van der Waals surface area contributed by atoms with E-state index in [0.29, 0.717) is 23.5 Å². The number of amides is 1. The standard InChI is InChI=1S/C20H26N2O4S/c1-6-19(20(23)21-18-11-10-14(2)12-15(18)3)22(27(5,24)25)16-8-7-9-17(13-16)26-4/h7-13,19H,6H2,1-5H3,(H,21,23)/t19-/m0/s1. The van der Waals surface area contributed by atoms with E-state index in [0.717, 1.165) is 21.7 Å². The highest BCUT2D eigenvalue weighted by Crippen LogP contribution is 2.27. The number of aryl methyl sites for hydroxylation is 2. The van der Waals surface area contributed by atoms with E-state index >= 15 is 0 Å². The molecule has 2 rings (SSSR count). The summed E-state index contributed by atoms with van der Waals surface area (Å²) in [5.74, 6) is 0.142.